The zero-order chi connectivity index (χ0) is 21.3. The number of carbonyl (C=O) groups is 1. The molecule has 0 bridgehead atoms. The molecule has 1 amide bonds. The monoisotopic (exact) mass is 491 g/mol. The third-order valence-corrected chi connectivity index (χ3v) is 5.44. The van der Waals surface area contributed by atoms with E-state index in [2.05, 4.69) is 21.0 Å². The summed E-state index contributed by atoms with van der Waals surface area (Å²) in [7, 11) is 1.27. The van der Waals surface area contributed by atoms with Crippen molar-refractivity contribution in [2.75, 3.05) is 4.90 Å². The van der Waals surface area contributed by atoms with E-state index in [0.29, 0.717) is 14.3 Å². The fraction of sp³-hybridized carbons (Fsp3) is 0.111. The molecular formula is C18H11BrF5N3OS. The third-order valence-electron chi connectivity index (χ3n) is 3.78. The van der Waals surface area contributed by atoms with Crippen molar-refractivity contribution in [3.63, 3.8) is 0 Å². The maximum Gasteiger partial charge on any atom is 0.437 e. The lowest BCUT2D eigenvalue weighted by Crippen LogP contribution is -2.20. The molecule has 0 N–H and O–H groups in total. The fourth-order valence-electron chi connectivity index (χ4n) is 2.54. The number of anilines is 2. The number of aryl methyl sites for hydroxylation is 1. The highest BCUT2D eigenvalue weighted by Gasteiger charge is 2.41. The first-order chi connectivity index (χ1) is 13.6. The van der Waals surface area contributed by atoms with Gasteiger partial charge in [0.2, 0.25) is 6.41 Å². The quantitative estimate of drug-likeness (QED) is 0.328. The maximum absolute atomic E-state index is 14.4. The zero-order valence-electron chi connectivity index (χ0n) is 14.5. The van der Waals surface area contributed by atoms with Gasteiger partial charge in [0.1, 0.15) is 22.3 Å². The number of aromatic nitrogens is 2. The van der Waals surface area contributed by atoms with E-state index in [1.54, 1.807) is 0 Å². The lowest BCUT2D eigenvalue weighted by atomic mass is 10.2. The maximum atomic E-state index is 14.4. The largest absolute Gasteiger partial charge is 0.437 e. The van der Waals surface area contributed by atoms with Gasteiger partial charge in [-0.2, -0.15) is 18.3 Å². The second-order valence-electron chi connectivity index (χ2n) is 5.75. The molecule has 0 spiro atoms. The minimum Gasteiger partial charge on any atom is -0.278 e. The average Bonchev–Trinajstić information content (AvgIpc) is 2.96. The van der Waals surface area contributed by atoms with Crippen molar-refractivity contribution in [1.29, 1.82) is 0 Å². The summed E-state index contributed by atoms with van der Waals surface area (Å²) in [6, 6.07) is 8.63. The van der Waals surface area contributed by atoms with Crippen LogP contribution in [-0.2, 0) is 18.0 Å². The lowest BCUT2D eigenvalue weighted by molar-refractivity contribution is -0.140. The Morgan fingerprint density at radius 1 is 1.14 bits per heavy atom. The van der Waals surface area contributed by atoms with Crippen LogP contribution < -0.4 is 4.90 Å². The van der Waals surface area contributed by atoms with Gasteiger partial charge in [-0.15, -0.1) is 0 Å². The van der Waals surface area contributed by atoms with Gasteiger partial charge < -0.3 is 0 Å². The predicted octanol–water partition coefficient (Wildman–Crippen LogP) is 5.93. The van der Waals surface area contributed by atoms with Crippen LogP contribution in [0.2, 0.25) is 0 Å². The van der Waals surface area contributed by atoms with Crippen molar-refractivity contribution >= 4 is 45.5 Å². The summed E-state index contributed by atoms with van der Waals surface area (Å²) < 4.78 is 69.8. The van der Waals surface area contributed by atoms with Gasteiger partial charge in [0, 0.05) is 16.4 Å². The summed E-state index contributed by atoms with van der Waals surface area (Å²) in [6.07, 6.45) is -4.81. The first-order valence-electron chi connectivity index (χ1n) is 7.89. The first kappa shape index (κ1) is 21.3. The molecule has 0 unspecified atom stereocenters. The number of carbonyl (C=O) groups excluding carboxylic acids is 1. The Bertz CT molecular complexity index is 1050. The second-order valence-corrected chi connectivity index (χ2v) is 7.73. The molecule has 11 heteroatoms. The van der Waals surface area contributed by atoms with Crippen LogP contribution in [0.5, 0.6) is 0 Å². The van der Waals surface area contributed by atoms with Crippen LogP contribution in [0.15, 0.2) is 56.9 Å². The number of hydrogen-bond donors (Lipinski definition) is 0. The summed E-state index contributed by atoms with van der Waals surface area (Å²) in [6.45, 7) is 0. The topological polar surface area (TPSA) is 38.1 Å². The highest BCUT2D eigenvalue weighted by Crippen LogP contribution is 2.45. The van der Waals surface area contributed by atoms with Crippen LogP contribution in [0, 0.1) is 11.6 Å². The molecule has 152 valence electrons. The summed E-state index contributed by atoms with van der Waals surface area (Å²) in [4.78, 5) is 12.7. The van der Waals surface area contributed by atoms with E-state index in [0.717, 1.165) is 34.6 Å². The molecule has 0 aliphatic rings. The molecule has 3 aromatic rings. The van der Waals surface area contributed by atoms with Gasteiger partial charge in [-0.25, -0.2) is 8.78 Å². The Hall–Kier alpha value is -2.40. The van der Waals surface area contributed by atoms with E-state index in [1.807, 2.05) is 0 Å². The third kappa shape index (κ3) is 4.45. The Kier molecular flexibility index (Phi) is 5.99. The van der Waals surface area contributed by atoms with Crippen molar-refractivity contribution in [3.05, 3.63) is 64.3 Å². The summed E-state index contributed by atoms with van der Waals surface area (Å²) in [5.41, 5.74) is -2.34. The number of alkyl halides is 3. The molecule has 0 aliphatic heterocycles. The zero-order valence-corrected chi connectivity index (χ0v) is 16.9. The van der Waals surface area contributed by atoms with E-state index in [9.17, 15) is 26.7 Å². The molecular weight excluding hydrogens is 481 g/mol. The summed E-state index contributed by atoms with van der Waals surface area (Å²) in [5, 5.41) is 3.43. The molecule has 2 aromatic carbocycles. The summed E-state index contributed by atoms with van der Waals surface area (Å²) >= 11 is 3.90. The molecule has 0 saturated carbocycles. The molecule has 1 aromatic heterocycles. The molecule has 0 radical (unpaired) electrons. The van der Waals surface area contributed by atoms with Gasteiger partial charge in [-0.05, 0) is 42.5 Å². The van der Waals surface area contributed by atoms with Crippen LogP contribution in [-0.4, -0.2) is 16.2 Å². The van der Waals surface area contributed by atoms with E-state index >= 15 is 0 Å². The number of hydrogen-bond acceptors (Lipinski definition) is 3. The molecule has 0 atom stereocenters. The van der Waals surface area contributed by atoms with Crippen molar-refractivity contribution in [3.8, 4) is 0 Å². The van der Waals surface area contributed by atoms with Crippen LogP contribution in [0.1, 0.15) is 5.69 Å². The standard InChI is InChI=1S/C18H11BrF5N3OS/c1-26-17(29-12-5-3-11(20)4-6-12)15(16(25-26)18(22,23)24)27(9-28)14-7-2-10(19)8-13(14)21/h2-9H,1H3. The lowest BCUT2D eigenvalue weighted by Gasteiger charge is -2.20. The van der Waals surface area contributed by atoms with Crippen molar-refractivity contribution in [1.82, 2.24) is 9.78 Å². The highest BCUT2D eigenvalue weighted by atomic mass is 79.9. The summed E-state index contributed by atoms with van der Waals surface area (Å²) in [5.74, 6) is -1.41. The van der Waals surface area contributed by atoms with E-state index < -0.39 is 29.2 Å². The van der Waals surface area contributed by atoms with Gasteiger partial charge >= 0.3 is 6.18 Å². The van der Waals surface area contributed by atoms with Gasteiger partial charge in [0.05, 0.1) is 5.69 Å². The average molecular weight is 492 g/mol. The normalized spacial score (nSPS) is 11.6. The molecule has 0 saturated heterocycles. The molecule has 0 aliphatic carbocycles. The number of nitrogens with zero attached hydrogens (tertiary/aromatic N) is 3. The Morgan fingerprint density at radius 2 is 1.79 bits per heavy atom. The highest BCUT2D eigenvalue weighted by molar-refractivity contribution is 9.10. The van der Waals surface area contributed by atoms with Crippen molar-refractivity contribution in [2.24, 2.45) is 7.05 Å². The van der Waals surface area contributed by atoms with Crippen molar-refractivity contribution < 1.29 is 26.7 Å². The van der Waals surface area contributed by atoms with E-state index in [4.69, 9.17) is 0 Å². The SMILES string of the molecule is Cn1nc(C(F)(F)F)c(N(C=O)c2ccc(Br)cc2F)c1Sc1ccc(F)cc1. The van der Waals surface area contributed by atoms with Gasteiger partial charge in [0.15, 0.2) is 5.69 Å². The second kappa shape index (κ2) is 8.15. The molecule has 29 heavy (non-hydrogen) atoms. The minimum absolute atomic E-state index is 0.0710. The fourth-order valence-corrected chi connectivity index (χ4v) is 3.83. The first-order valence-corrected chi connectivity index (χ1v) is 9.50. The Labute approximate surface area is 174 Å². The number of amides is 1. The van der Waals surface area contributed by atoms with Crippen molar-refractivity contribution in [2.45, 2.75) is 16.1 Å². The number of halogens is 6. The van der Waals surface area contributed by atoms with Gasteiger partial charge in [-0.1, -0.05) is 27.7 Å². The number of rotatable bonds is 5. The Morgan fingerprint density at radius 3 is 2.34 bits per heavy atom. The van der Waals surface area contributed by atoms with E-state index in [-0.39, 0.29) is 17.1 Å². The van der Waals surface area contributed by atoms with Gasteiger partial charge in [-0.3, -0.25) is 14.4 Å². The van der Waals surface area contributed by atoms with Crippen LogP contribution in [0.4, 0.5) is 33.3 Å². The molecule has 4 nitrogen and oxygen atoms in total. The molecule has 0 fully saturated rings. The smallest absolute Gasteiger partial charge is 0.278 e. The Balaban J connectivity index is 2.20. The van der Waals surface area contributed by atoms with E-state index in [1.165, 1.54) is 31.3 Å². The molecule has 3 rings (SSSR count). The van der Waals surface area contributed by atoms with Crippen LogP contribution >= 0.6 is 27.7 Å². The molecule has 1 heterocycles. The van der Waals surface area contributed by atoms with Gasteiger partial charge in [0.25, 0.3) is 0 Å². The minimum atomic E-state index is -4.90. The predicted molar refractivity (Wildman–Crippen MR) is 101 cm³/mol. The number of benzene rings is 2. The van der Waals surface area contributed by atoms with Crippen LogP contribution in [0.3, 0.4) is 0 Å². The van der Waals surface area contributed by atoms with Crippen LogP contribution in [0.25, 0.3) is 0 Å².